The summed E-state index contributed by atoms with van der Waals surface area (Å²) in [7, 11) is 0. The van der Waals surface area contributed by atoms with Crippen molar-refractivity contribution in [3.63, 3.8) is 0 Å². The van der Waals surface area contributed by atoms with E-state index in [0.717, 1.165) is 39.0 Å². The number of carbonyl (C=O) groups excluding carboxylic acids is 1. The summed E-state index contributed by atoms with van der Waals surface area (Å²) in [5, 5.41) is 12.5. The van der Waals surface area contributed by atoms with Crippen molar-refractivity contribution in [3.8, 4) is 0 Å². The van der Waals surface area contributed by atoms with E-state index in [-0.39, 0.29) is 12.0 Å². The lowest BCUT2D eigenvalue weighted by atomic mass is 10.1. The van der Waals surface area contributed by atoms with E-state index >= 15 is 0 Å². The van der Waals surface area contributed by atoms with E-state index in [1.807, 2.05) is 25.1 Å². The summed E-state index contributed by atoms with van der Waals surface area (Å²) in [6, 6.07) is 10.7. The van der Waals surface area contributed by atoms with Gasteiger partial charge in [-0.2, -0.15) is 0 Å². The number of hydrogen-bond acceptors (Lipinski definition) is 4. The molecule has 1 saturated heterocycles. The Morgan fingerprint density at radius 2 is 2.08 bits per heavy atom. The molecule has 24 heavy (non-hydrogen) atoms. The molecule has 1 fully saturated rings. The van der Waals surface area contributed by atoms with Crippen LogP contribution in [0.25, 0.3) is 0 Å². The number of aryl methyl sites for hydroxylation is 1. The quantitative estimate of drug-likeness (QED) is 0.700. The van der Waals surface area contributed by atoms with Gasteiger partial charge in [0.25, 0.3) is 0 Å². The Bertz CT molecular complexity index is 493. The van der Waals surface area contributed by atoms with Gasteiger partial charge in [-0.25, -0.2) is 0 Å². The third kappa shape index (κ3) is 6.59. The SMILES string of the molecule is C[C@@H]1CN(CC(=O)NCCCc2ccccc2)CCN1C[C@@H](C)O. The minimum absolute atomic E-state index is 0.110. The standard InChI is InChI=1S/C19H31N3O2/c1-16-13-21(11-12-22(16)14-17(2)23)15-19(24)20-10-6-9-18-7-4-3-5-8-18/h3-5,7-8,16-17,23H,6,9-15H2,1-2H3,(H,20,24)/t16-,17-/m1/s1. The Kier molecular flexibility index (Phi) is 7.69. The van der Waals surface area contributed by atoms with Crippen LogP contribution in [0.4, 0.5) is 0 Å². The van der Waals surface area contributed by atoms with E-state index in [2.05, 4.69) is 34.2 Å². The number of amides is 1. The second-order valence-corrected chi connectivity index (χ2v) is 6.87. The zero-order chi connectivity index (χ0) is 17.4. The largest absolute Gasteiger partial charge is 0.392 e. The summed E-state index contributed by atoms with van der Waals surface area (Å²) < 4.78 is 0. The molecule has 1 heterocycles. The van der Waals surface area contributed by atoms with Crippen molar-refractivity contribution in [3.05, 3.63) is 35.9 Å². The molecule has 0 spiro atoms. The molecular formula is C19H31N3O2. The van der Waals surface area contributed by atoms with E-state index in [0.29, 0.717) is 19.1 Å². The summed E-state index contributed by atoms with van der Waals surface area (Å²) in [4.78, 5) is 16.6. The van der Waals surface area contributed by atoms with E-state index in [1.54, 1.807) is 0 Å². The fraction of sp³-hybridized carbons (Fsp3) is 0.632. The van der Waals surface area contributed by atoms with Gasteiger partial charge in [0.1, 0.15) is 0 Å². The van der Waals surface area contributed by atoms with Crippen molar-refractivity contribution in [2.75, 3.05) is 39.3 Å². The molecule has 2 atom stereocenters. The van der Waals surface area contributed by atoms with Crippen LogP contribution in [0.1, 0.15) is 25.8 Å². The molecule has 1 aliphatic heterocycles. The smallest absolute Gasteiger partial charge is 0.234 e. The van der Waals surface area contributed by atoms with Crippen LogP contribution in [0.2, 0.25) is 0 Å². The summed E-state index contributed by atoms with van der Waals surface area (Å²) in [6.07, 6.45) is 1.66. The molecule has 0 aliphatic carbocycles. The van der Waals surface area contributed by atoms with E-state index in [4.69, 9.17) is 0 Å². The maximum Gasteiger partial charge on any atom is 0.234 e. The van der Waals surface area contributed by atoms with Crippen LogP contribution in [0, 0.1) is 0 Å². The first kappa shape index (κ1) is 18.9. The molecule has 134 valence electrons. The first-order valence-corrected chi connectivity index (χ1v) is 8.99. The topological polar surface area (TPSA) is 55.8 Å². The van der Waals surface area contributed by atoms with Gasteiger partial charge in [0.2, 0.25) is 5.91 Å². The van der Waals surface area contributed by atoms with Crippen molar-refractivity contribution < 1.29 is 9.90 Å². The maximum absolute atomic E-state index is 12.1. The predicted molar refractivity (Wildman–Crippen MR) is 96.9 cm³/mol. The van der Waals surface area contributed by atoms with Gasteiger partial charge in [-0.05, 0) is 32.3 Å². The molecule has 5 heteroatoms. The molecule has 0 aromatic heterocycles. The van der Waals surface area contributed by atoms with Crippen molar-refractivity contribution in [1.82, 2.24) is 15.1 Å². The average Bonchev–Trinajstić information content (AvgIpc) is 2.55. The third-order valence-electron chi connectivity index (χ3n) is 4.52. The summed E-state index contributed by atoms with van der Waals surface area (Å²) in [5.41, 5.74) is 1.31. The van der Waals surface area contributed by atoms with Crippen LogP contribution in [-0.2, 0) is 11.2 Å². The van der Waals surface area contributed by atoms with Gasteiger partial charge in [0.05, 0.1) is 12.6 Å². The number of aliphatic hydroxyl groups is 1. The normalized spacial score (nSPS) is 20.7. The molecule has 1 aliphatic rings. The molecule has 2 rings (SSSR count). The van der Waals surface area contributed by atoms with Gasteiger partial charge < -0.3 is 10.4 Å². The van der Waals surface area contributed by atoms with Gasteiger partial charge in [0.15, 0.2) is 0 Å². The summed E-state index contributed by atoms with van der Waals surface area (Å²) >= 11 is 0. The Hall–Kier alpha value is -1.43. The third-order valence-corrected chi connectivity index (χ3v) is 4.52. The first-order chi connectivity index (χ1) is 11.5. The maximum atomic E-state index is 12.1. The number of nitrogens with one attached hydrogen (secondary N) is 1. The highest BCUT2D eigenvalue weighted by atomic mass is 16.3. The lowest BCUT2D eigenvalue weighted by molar-refractivity contribution is -0.123. The van der Waals surface area contributed by atoms with Crippen molar-refractivity contribution in [2.45, 2.75) is 38.8 Å². The Morgan fingerprint density at radius 1 is 1.33 bits per heavy atom. The number of benzene rings is 1. The van der Waals surface area contributed by atoms with E-state index in [9.17, 15) is 9.90 Å². The number of aliphatic hydroxyl groups excluding tert-OH is 1. The number of carbonyl (C=O) groups is 1. The van der Waals surface area contributed by atoms with Crippen LogP contribution in [0.15, 0.2) is 30.3 Å². The lowest BCUT2D eigenvalue weighted by Crippen LogP contribution is -2.55. The predicted octanol–water partition coefficient (Wildman–Crippen LogP) is 1.12. The summed E-state index contributed by atoms with van der Waals surface area (Å²) in [5.74, 6) is 0.110. The fourth-order valence-electron chi connectivity index (χ4n) is 3.25. The number of nitrogens with zero attached hydrogens (tertiary/aromatic N) is 2. The summed E-state index contributed by atoms with van der Waals surface area (Å²) in [6.45, 7) is 8.56. The zero-order valence-electron chi connectivity index (χ0n) is 14.9. The van der Waals surface area contributed by atoms with Crippen molar-refractivity contribution in [2.24, 2.45) is 0 Å². The highest BCUT2D eigenvalue weighted by Gasteiger charge is 2.25. The average molecular weight is 333 g/mol. The minimum Gasteiger partial charge on any atom is -0.392 e. The van der Waals surface area contributed by atoms with Crippen molar-refractivity contribution >= 4 is 5.91 Å². The molecule has 0 bridgehead atoms. The molecular weight excluding hydrogens is 302 g/mol. The number of β-amino-alcohol motifs (C(OH)–C–C–N with tert-alkyl or cyclic N) is 1. The number of hydrogen-bond donors (Lipinski definition) is 2. The second-order valence-electron chi connectivity index (χ2n) is 6.87. The molecule has 1 amide bonds. The molecule has 0 saturated carbocycles. The zero-order valence-corrected chi connectivity index (χ0v) is 14.9. The number of piperazine rings is 1. The molecule has 1 aromatic carbocycles. The monoisotopic (exact) mass is 333 g/mol. The van der Waals surface area contributed by atoms with Crippen LogP contribution in [0.5, 0.6) is 0 Å². The fourth-order valence-corrected chi connectivity index (χ4v) is 3.25. The number of rotatable bonds is 8. The van der Waals surface area contributed by atoms with Crippen LogP contribution in [0.3, 0.4) is 0 Å². The highest BCUT2D eigenvalue weighted by molar-refractivity contribution is 5.78. The molecule has 0 radical (unpaired) electrons. The molecule has 0 unspecified atom stereocenters. The molecule has 1 aromatic rings. The first-order valence-electron chi connectivity index (χ1n) is 8.99. The minimum atomic E-state index is -0.299. The molecule has 2 N–H and O–H groups in total. The van der Waals surface area contributed by atoms with Crippen LogP contribution < -0.4 is 5.32 Å². The molecule has 5 nitrogen and oxygen atoms in total. The van der Waals surface area contributed by atoms with Crippen molar-refractivity contribution in [1.29, 1.82) is 0 Å². The Balaban J connectivity index is 1.61. The van der Waals surface area contributed by atoms with E-state index in [1.165, 1.54) is 5.56 Å². The van der Waals surface area contributed by atoms with Gasteiger partial charge in [0, 0.05) is 38.8 Å². The Labute approximate surface area is 145 Å². The van der Waals surface area contributed by atoms with Gasteiger partial charge in [-0.1, -0.05) is 30.3 Å². The lowest BCUT2D eigenvalue weighted by Gasteiger charge is -2.40. The van der Waals surface area contributed by atoms with Crippen LogP contribution >= 0.6 is 0 Å². The van der Waals surface area contributed by atoms with E-state index < -0.39 is 0 Å². The van der Waals surface area contributed by atoms with Gasteiger partial charge >= 0.3 is 0 Å². The van der Waals surface area contributed by atoms with Gasteiger partial charge in [-0.15, -0.1) is 0 Å². The van der Waals surface area contributed by atoms with Gasteiger partial charge in [-0.3, -0.25) is 14.6 Å². The van der Waals surface area contributed by atoms with Crippen LogP contribution in [-0.4, -0.2) is 72.2 Å². The highest BCUT2D eigenvalue weighted by Crippen LogP contribution is 2.09. The Morgan fingerprint density at radius 3 is 2.75 bits per heavy atom. The second kappa shape index (κ2) is 9.77.